The van der Waals surface area contributed by atoms with Crippen LogP contribution in [-0.2, 0) is 4.74 Å². The highest BCUT2D eigenvalue weighted by Gasteiger charge is 2.08. The molecule has 96 valence electrons. The van der Waals surface area contributed by atoms with Gasteiger partial charge in [0, 0.05) is 33.3 Å². The van der Waals surface area contributed by atoms with Gasteiger partial charge in [0.05, 0.1) is 6.61 Å². The molecule has 16 heavy (non-hydrogen) atoms. The van der Waals surface area contributed by atoms with Gasteiger partial charge >= 0.3 is 0 Å². The van der Waals surface area contributed by atoms with Crippen LogP contribution in [0.3, 0.4) is 0 Å². The zero-order valence-electron chi connectivity index (χ0n) is 11.4. The highest BCUT2D eigenvalue weighted by atomic mass is 16.5. The SMILES string of the molecule is C=C(CNCC)CN(CCOC)CC(C)C. The highest BCUT2D eigenvalue weighted by molar-refractivity contribution is 4.99. The first-order valence-corrected chi connectivity index (χ1v) is 6.18. The van der Waals surface area contributed by atoms with E-state index >= 15 is 0 Å². The van der Waals surface area contributed by atoms with E-state index in [9.17, 15) is 0 Å². The van der Waals surface area contributed by atoms with Gasteiger partial charge in [-0.05, 0) is 18.0 Å². The van der Waals surface area contributed by atoms with Crippen LogP contribution in [-0.4, -0.2) is 51.3 Å². The maximum Gasteiger partial charge on any atom is 0.0589 e. The van der Waals surface area contributed by atoms with Gasteiger partial charge in [0.1, 0.15) is 0 Å². The summed E-state index contributed by atoms with van der Waals surface area (Å²) in [4.78, 5) is 2.41. The number of ether oxygens (including phenoxy) is 1. The topological polar surface area (TPSA) is 24.5 Å². The predicted molar refractivity (Wildman–Crippen MR) is 70.8 cm³/mol. The monoisotopic (exact) mass is 228 g/mol. The molecule has 0 unspecified atom stereocenters. The van der Waals surface area contributed by atoms with E-state index in [0.717, 1.165) is 39.3 Å². The minimum atomic E-state index is 0.684. The van der Waals surface area contributed by atoms with Crippen LogP contribution in [0.2, 0.25) is 0 Å². The van der Waals surface area contributed by atoms with Crippen molar-refractivity contribution in [2.75, 3.05) is 46.4 Å². The van der Waals surface area contributed by atoms with Crippen LogP contribution >= 0.6 is 0 Å². The average Bonchev–Trinajstić information content (AvgIpc) is 2.22. The first-order chi connectivity index (χ1) is 7.60. The van der Waals surface area contributed by atoms with Crippen molar-refractivity contribution >= 4 is 0 Å². The van der Waals surface area contributed by atoms with Gasteiger partial charge in [-0.2, -0.15) is 0 Å². The molecule has 0 saturated carbocycles. The lowest BCUT2D eigenvalue weighted by Gasteiger charge is -2.25. The molecule has 0 saturated heterocycles. The summed E-state index contributed by atoms with van der Waals surface area (Å²) in [5, 5.41) is 3.31. The Labute approximate surface area is 101 Å². The standard InChI is InChI=1S/C13H28N2O/c1-6-14-9-13(4)11-15(7-8-16-5)10-12(2)3/h12,14H,4,6-11H2,1-3,5H3. The van der Waals surface area contributed by atoms with Gasteiger partial charge in [-0.15, -0.1) is 0 Å². The Kier molecular flexibility index (Phi) is 9.59. The number of nitrogens with one attached hydrogen (secondary N) is 1. The summed E-state index contributed by atoms with van der Waals surface area (Å²) < 4.78 is 5.13. The Hall–Kier alpha value is -0.380. The molecular formula is C13H28N2O. The van der Waals surface area contributed by atoms with Crippen LogP contribution < -0.4 is 5.32 Å². The van der Waals surface area contributed by atoms with Gasteiger partial charge in [0.15, 0.2) is 0 Å². The molecule has 0 atom stereocenters. The van der Waals surface area contributed by atoms with Gasteiger partial charge in [-0.3, -0.25) is 4.90 Å². The van der Waals surface area contributed by atoms with Crippen molar-refractivity contribution in [3.63, 3.8) is 0 Å². The van der Waals surface area contributed by atoms with Gasteiger partial charge in [-0.1, -0.05) is 27.4 Å². The number of methoxy groups -OCH3 is 1. The van der Waals surface area contributed by atoms with E-state index in [1.54, 1.807) is 7.11 Å². The predicted octanol–water partition coefficient (Wildman–Crippen LogP) is 1.76. The van der Waals surface area contributed by atoms with Crippen LogP contribution in [0.4, 0.5) is 0 Å². The third kappa shape index (κ3) is 8.89. The Morgan fingerprint density at radius 1 is 1.44 bits per heavy atom. The summed E-state index contributed by atoms with van der Waals surface area (Å²) >= 11 is 0. The smallest absolute Gasteiger partial charge is 0.0589 e. The Morgan fingerprint density at radius 2 is 2.12 bits per heavy atom. The van der Waals surface area contributed by atoms with E-state index in [4.69, 9.17) is 4.74 Å². The third-order valence-electron chi connectivity index (χ3n) is 2.31. The van der Waals surface area contributed by atoms with E-state index < -0.39 is 0 Å². The maximum atomic E-state index is 5.13. The largest absolute Gasteiger partial charge is 0.383 e. The van der Waals surface area contributed by atoms with Crippen molar-refractivity contribution < 1.29 is 4.74 Å². The minimum Gasteiger partial charge on any atom is -0.383 e. The number of nitrogens with zero attached hydrogens (tertiary/aromatic N) is 1. The Bertz CT molecular complexity index is 181. The van der Waals surface area contributed by atoms with E-state index in [1.165, 1.54) is 5.57 Å². The van der Waals surface area contributed by atoms with Gasteiger partial charge in [0.25, 0.3) is 0 Å². The van der Waals surface area contributed by atoms with Crippen molar-refractivity contribution in [3.8, 4) is 0 Å². The summed E-state index contributed by atoms with van der Waals surface area (Å²) in [5.74, 6) is 0.684. The van der Waals surface area contributed by atoms with E-state index in [2.05, 4.69) is 37.6 Å². The first-order valence-electron chi connectivity index (χ1n) is 6.18. The fourth-order valence-corrected chi connectivity index (χ4v) is 1.65. The fourth-order valence-electron chi connectivity index (χ4n) is 1.65. The second-order valence-electron chi connectivity index (χ2n) is 4.65. The summed E-state index contributed by atoms with van der Waals surface area (Å²) in [5.41, 5.74) is 1.25. The lowest BCUT2D eigenvalue weighted by molar-refractivity contribution is 0.145. The van der Waals surface area contributed by atoms with Crippen molar-refractivity contribution in [1.82, 2.24) is 10.2 Å². The summed E-state index contributed by atoms with van der Waals surface area (Å²) in [6.07, 6.45) is 0. The number of hydrogen-bond acceptors (Lipinski definition) is 3. The molecule has 0 fully saturated rings. The molecule has 0 spiro atoms. The van der Waals surface area contributed by atoms with Gasteiger partial charge in [-0.25, -0.2) is 0 Å². The van der Waals surface area contributed by atoms with Crippen LogP contribution in [0.1, 0.15) is 20.8 Å². The third-order valence-corrected chi connectivity index (χ3v) is 2.31. The van der Waals surface area contributed by atoms with Crippen molar-refractivity contribution in [2.24, 2.45) is 5.92 Å². The van der Waals surface area contributed by atoms with Crippen LogP contribution in [0.25, 0.3) is 0 Å². The summed E-state index contributed by atoms with van der Waals surface area (Å²) in [6, 6.07) is 0. The molecule has 0 aromatic carbocycles. The molecule has 0 aliphatic rings. The Morgan fingerprint density at radius 3 is 2.62 bits per heavy atom. The van der Waals surface area contributed by atoms with Gasteiger partial charge in [0.2, 0.25) is 0 Å². The molecule has 0 heterocycles. The molecular weight excluding hydrogens is 200 g/mol. The van der Waals surface area contributed by atoms with Crippen LogP contribution in [0.15, 0.2) is 12.2 Å². The van der Waals surface area contributed by atoms with Crippen molar-refractivity contribution in [1.29, 1.82) is 0 Å². The van der Waals surface area contributed by atoms with E-state index in [-0.39, 0.29) is 0 Å². The summed E-state index contributed by atoms with van der Waals surface area (Å²) in [6.45, 7) is 16.5. The quantitative estimate of drug-likeness (QED) is 0.577. The first kappa shape index (κ1) is 15.6. The molecule has 0 amide bonds. The molecule has 0 rings (SSSR count). The molecule has 0 aromatic rings. The van der Waals surface area contributed by atoms with Crippen LogP contribution in [0, 0.1) is 5.92 Å². The molecule has 0 bridgehead atoms. The second kappa shape index (κ2) is 9.82. The van der Waals surface area contributed by atoms with Gasteiger partial charge < -0.3 is 10.1 Å². The Balaban J connectivity index is 3.92. The molecule has 0 aliphatic carbocycles. The van der Waals surface area contributed by atoms with E-state index in [1.807, 2.05) is 0 Å². The zero-order chi connectivity index (χ0) is 12.4. The lowest BCUT2D eigenvalue weighted by Crippen LogP contribution is -2.34. The molecule has 3 nitrogen and oxygen atoms in total. The number of likely N-dealkylation sites (N-methyl/N-ethyl adjacent to an activating group) is 1. The average molecular weight is 228 g/mol. The van der Waals surface area contributed by atoms with E-state index in [0.29, 0.717) is 5.92 Å². The minimum absolute atomic E-state index is 0.684. The maximum absolute atomic E-state index is 5.13. The zero-order valence-corrected chi connectivity index (χ0v) is 11.4. The van der Waals surface area contributed by atoms with Crippen molar-refractivity contribution in [3.05, 3.63) is 12.2 Å². The lowest BCUT2D eigenvalue weighted by atomic mass is 10.2. The normalized spacial score (nSPS) is 11.4. The van der Waals surface area contributed by atoms with Crippen LogP contribution in [0.5, 0.6) is 0 Å². The number of hydrogen-bond donors (Lipinski definition) is 1. The van der Waals surface area contributed by atoms with Crippen molar-refractivity contribution in [2.45, 2.75) is 20.8 Å². The fraction of sp³-hybridized carbons (Fsp3) is 0.846. The highest BCUT2D eigenvalue weighted by Crippen LogP contribution is 2.02. The summed E-state index contributed by atoms with van der Waals surface area (Å²) in [7, 11) is 1.75. The molecule has 3 heteroatoms. The molecule has 0 radical (unpaired) electrons. The second-order valence-corrected chi connectivity index (χ2v) is 4.65. The molecule has 1 N–H and O–H groups in total. The molecule has 0 aromatic heterocycles. The number of rotatable bonds is 10. The molecule has 0 aliphatic heterocycles.